The van der Waals surface area contributed by atoms with E-state index in [1.165, 1.54) is 6.08 Å². The lowest BCUT2D eigenvalue weighted by Gasteiger charge is -2.01. The Morgan fingerprint density at radius 1 is 1.44 bits per heavy atom. The van der Waals surface area contributed by atoms with E-state index in [0.717, 1.165) is 12.1 Å². The van der Waals surface area contributed by atoms with Gasteiger partial charge in [-0.3, -0.25) is 9.78 Å². The molecule has 0 atom stereocenters. The number of pyridine rings is 1. The molecule has 1 N–H and O–H groups in total. The van der Waals surface area contributed by atoms with Crippen LogP contribution in [-0.2, 0) is 11.2 Å². The van der Waals surface area contributed by atoms with Crippen molar-refractivity contribution in [3.63, 3.8) is 0 Å². The lowest BCUT2D eigenvalue weighted by Crippen LogP contribution is -2.23. The predicted octanol–water partition coefficient (Wildman–Crippen LogP) is 1.87. The highest BCUT2D eigenvalue weighted by molar-refractivity contribution is 5.87. The summed E-state index contributed by atoms with van der Waals surface area (Å²) in [7, 11) is 0. The van der Waals surface area contributed by atoms with Gasteiger partial charge in [-0.25, -0.2) is 0 Å². The highest BCUT2D eigenvalue weighted by Crippen LogP contribution is 1.92. The molecule has 84 valence electrons. The molecule has 1 amide bonds. The largest absolute Gasteiger partial charge is 0.352 e. The minimum absolute atomic E-state index is 0.0750. The fourth-order valence-electron chi connectivity index (χ4n) is 1.17. The van der Waals surface area contributed by atoms with Crippen molar-refractivity contribution in [2.24, 2.45) is 0 Å². The summed E-state index contributed by atoms with van der Waals surface area (Å²) < 4.78 is 0. The number of hydrogen-bond acceptors (Lipinski definition) is 2. The van der Waals surface area contributed by atoms with Gasteiger partial charge in [0.2, 0.25) is 5.91 Å². The lowest BCUT2D eigenvalue weighted by atomic mass is 10.3. The van der Waals surface area contributed by atoms with Crippen molar-refractivity contribution in [2.75, 3.05) is 6.54 Å². The molecule has 1 aromatic rings. The first-order valence-electron chi connectivity index (χ1n) is 5.30. The number of hydrogen-bond donors (Lipinski definition) is 1. The maximum Gasteiger partial charge on any atom is 0.243 e. The molecule has 3 nitrogen and oxygen atoms in total. The molecule has 1 rings (SSSR count). The molecule has 0 radical (unpaired) electrons. The quantitative estimate of drug-likeness (QED) is 0.603. The van der Waals surface area contributed by atoms with Gasteiger partial charge in [0.15, 0.2) is 0 Å². The van der Waals surface area contributed by atoms with E-state index in [0.29, 0.717) is 6.54 Å². The van der Waals surface area contributed by atoms with Crippen LogP contribution < -0.4 is 5.32 Å². The third-order valence-electron chi connectivity index (χ3n) is 1.96. The normalized spacial score (nSPS) is 11.1. The first kappa shape index (κ1) is 12.2. The van der Waals surface area contributed by atoms with Crippen LogP contribution in [0.2, 0.25) is 0 Å². The smallest absolute Gasteiger partial charge is 0.243 e. The van der Waals surface area contributed by atoms with Crippen molar-refractivity contribution < 1.29 is 4.79 Å². The molecule has 1 aromatic heterocycles. The van der Waals surface area contributed by atoms with Gasteiger partial charge in [0.05, 0.1) is 0 Å². The fourth-order valence-corrected chi connectivity index (χ4v) is 1.17. The van der Waals surface area contributed by atoms with Crippen LogP contribution in [0, 0.1) is 0 Å². The van der Waals surface area contributed by atoms with Crippen LogP contribution in [0.1, 0.15) is 12.6 Å². The van der Waals surface area contributed by atoms with Crippen molar-refractivity contribution in [3.8, 4) is 0 Å². The second kappa shape index (κ2) is 7.40. The zero-order valence-corrected chi connectivity index (χ0v) is 9.39. The van der Waals surface area contributed by atoms with Crippen LogP contribution in [0.4, 0.5) is 0 Å². The summed E-state index contributed by atoms with van der Waals surface area (Å²) in [5.41, 5.74) is 0.986. The predicted molar refractivity (Wildman–Crippen MR) is 64.9 cm³/mol. The van der Waals surface area contributed by atoms with Gasteiger partial charge >= 0.3 is 0 Å². The van der Waals surface area contributed by atoms with Crippen LogP contribution in [0.3, 0.4) is 0 Å². The second-order valence-corrected chi connectivity index (χ2v) is 3.25. The summed E-state index contributed by atoms with van der Waals surface area (Å²) in [6.07, 6.45) is 9.43. The molecular weight excluding hydrogens is 200 g/mol. The Balaban J connectivity index is 2.23. The number of allylic oxidation sites excluding steroid dienone is 3. The minimum atomic E-state index is -0.0750. The van der Waals surface area contributed by atoms with Gasteiger partial charge in [0.25, 0.3) is 0 Å². The number of aromatic nitrogens is 1. The van der Waals surface area contributed by atoms with Crippen molar-refractivity contribution in [2.45, 2.75) is 13.3 Å². The summed E-state index contributed by atoms with van der Waals surface area (Å²) >= 11 is 0. The SMILES string of the molecule is CC=CC=CC(=O)NCCc1ccccn1. The Bertz CT molecular complexity index is 369. The molecule has 0 bridgehead atoms. The average molecular weight is 216 g/mol. The van der Waals surface area contributed by atoms with Crippen molar-refractivity contribution in [1.82, 2.24) is 10.3 Å². The molecule has 0 aromatic carbocycles. The Kier molecular flexibility index (Phi) is 5.63. The molecule has 0 aliphatic heterocycles. The zero-order chi connectivity index (χ0) is 11.6. The fraction of sp³-hybridized carbons (Fsp3) is 0.231. The molecule has 0 aliphatic rings. The van der Waals surface area contributed by atoms with Gasteiger partial charge < -0.3 is 5.32 Å². The van der Waals surface area contributed by atoms with E-state index in [1.807, 2.05) is 37.3 Å². The molecule has 0 saturated carbocycles. The topological polar surface area (TPSA) is 42.0 Å². The molecule has 0 fully saturated rings. The van der Waals surface area contributed by atoms with E-state index in [1.54, 1.807) is 12.3 Å². The van der Waals surface area contributed by atoms with Crippen LogP contribution in [0.5, 0.6) is 0 Å². The summed E-state index contributed by atoms with van der Waals surface area (Å²) in [6, 6.07) is 5.76. The van der Waals surface area contributed by atoms with E-state index in [2.05, 4.69) is 10.3 Å². The van der Waals surface area contributed by atoms with Crippen molar-refractivity contribution >= 4 is 5.91 Å². The lowest BCUT2D eigenvalue weighted by molar-refractivity contribution is -0.116. The highest BCUT2D eigenvalue weighted by atomic mass is 16.1. The molecule has 3 heteroatoms. The van der Waals surface area contributed by atoms with E-state index in [9.17, 15) is 4.79 Å². The first-order valence-corrected chi connectivity index (χ1v) is 5.30. The maximum absolute atomic E-state index is 11.3. The van der Waals surface area contributed by atoms with E-state index in [-0.39, 0.29) is 5.91 Å². The molecule has 0 unspecified atom stereocenters. The Hall–Kier alpha value is -1.90. The highest BCUT2D eigenvalue weighted by Gasteiger charge is 1.95. The Morgan fingerprint density at radius 3 is 3.00 bits per heavy atom. The maximum atomic E-state index is 11.3. The van der Waals surface area contributed by atoms with E-state index < -0.39 is 0 Å². The van der Waals surface area contributed by atoms with Crippen molar-refractivity contribution in [3.05, 3.63) is 54.4 Å². The molecule has 0 saturated heterocycles. The number of carbonyl (C=O) groups excluding carboxylic acids is 1. The zero-order valence-electron chi connectivity index (χ0n) is 9.39. The summed E-state index contributed by atoms with van der Waals surface area (Å²) in [4.78, 5) is 15.4. The second-order valence-electron chi connectivity index (χ2n) is 3.25. The first-order chi connectivity index (χ1) is 7.83. The van der Waals surface area contributed by atoms with Gasteiger partial charge in [-0.1, -0.05) is 24.3 Å². The van der Waals surface area contributed by atoms with Crippen LogP contribution >= 0.6 is 0 Å². The third kappa shape index (κ3) is 5.10. The molecule has 0 spiro atoms. The van der Waals surface area contributed by atoms with Gasteiger partial charge in [-0.05, 0) is 19.1 Å². The summed E-state index contributed by atoms with van der Waals surface area (Å²) in [5, 5.41) is 2.79. The molecule has 16 heavy (non-hydrogen) atoms. The van der Waals surface area contributed by atoms with Crippen molar-refractivity contribution in [1.29, 1.82) is 0 Å². The molecular formula is C13H16N2O. The standard InChI is InChI=1S/C13H16N2O/c1-2-3-4-8-13(16)15-11-9-12-7-5-6-10-14-12/h2-8,10H,9,11H2,1H3,(H,15,16). The van der Waals surface area contributed by atoms with Crippen LogP contribution in [-0.4, -0.2) is 17.4 Å². The number of nitrogens with zero attached hydrogens (tertiary/aromatic N) is 1. The van der Waals surface area contributed by atoms with Crippen LogP contribution in [0.25, 0.3) is 0 Å². The number of rotatable bonds is 5. The minimum Gasteiger partial charge on any atom is -0.352 e. The molecule has 1 heterocycles. The van der Waals surface area contributed by atoms with Gasteiger partial charge in [0, 0.05) is 30.9 Å². The number of nitrogens with one attached hydrogen (secondary N) is 1. The van der Waals surface area contributed by atoms with Crippen LogP contribution in [0.15, 0.2) is 48.7 Å². The van der Waals surface area contributed by atoms with E-state index >= 15 is 0 Å². The Labute approximate surface area is 95.9 Å². The monoisotopic (exact) mass is 216 g/mol. The average Bonchev–Trinajstić information content (AvgIpc) is 2.31. The Morgan fingerprint density at radius 2 is 2.31 bits per heavy atom. The summed E-state index contributed by atoms with van der Waals surface area (Å²) in [6.45, 7) is 2.51. The summed E-state index contributed by atoms with van der Waals surface area (Å²) in [5.74, 6) is -0.0750. The van der Waals surface area contributed by atoms with Gasteiger partial charge in [-0.15, -0.1) is 0 Å². The van der Waals surface area contributed by atoms with Gasteiger partial charge in [-0.2, -0.15) is 0 Å². The van der Waals surface area contributed by atoms with Gasteiger partial charge in [0.1, 0.15) is 0 Å². The number of carbonyl (C=O) groups is 1. The number of amides is 1. The molecule has 0 aliphatic carbocycles. The third-order valence-corrected chi connectivity index (χ3v) is 1.96. The van der Waals surface area contributed by atoms with E-state index in [4.69, 9.17) is 0 Å².